The number of aliphatic carboxylic acids is 1. The zero-order valence-corrected chi connectivity index (χ0v) is 15.0. The molecule has 0 spiro atoms. The fraction of sp³-hybridized carbons (Fsp3) is 0.412. The molecule has 0 bridgehead atoms. The third-order valence-electron chi connectivity index (χ3n) is 4.52. The Morgan fingerprint density at radius 3 is 2.77 bits per heavy atom. The summed E-state index contributed by atoms with van der Waals surface area (Å²) in [6, 6.07) is 6.46. The molecule has 1 saturated heterocycles. The van der Waals surface area contributed by atoms with Gasteiger partial charge in [0.2, 0.25) is 15.9 Å². The number of nitrogens with zero attached hydrogens (tertiary/aromatic N) is 1. The minimum Gasteiger partial charge on any atom is -0.480 e. The van der Waals surface area contributed by atoms with E-state index in [-0.39, 0.29) is 25.1 Å². The Balaban J connectivity index is 1.61. The van der Waals surface area contributed by atoms with E-state index in [1.54, 1.807) is 6.20 Å². The third kappa shape index (κ3) is 4.05. The number of carbonyl (C=O) groups is 2. The number of benzene rings is 1. The maximum atomic E-state index is 12.1. The van der Waals surface area contributed by atoms with E-state index in [0.717, 1.165) is 16.5 Å². The van der Waals surface area contributed by atoms with Crippen LogP contribution in [0.1, 0.15) is 18.4 Å². The Morgan fingerprint density at radius 1 is 1.31 bits per heavy atom. The van der Waals surface area contributed by atoms with Gasteiger partial charge in [0.15, 0.2) is 0 Å². The van der Waals surface area contributed by atoms with Gasteiger partial charge in [0.25, 0.3) is 0 Å². The van der Waals surface area contributed by atoms with Crippen LogP contribution < -0.4 is 5.32 Å². The Morgan fingerprint density at radius 2 is 2.08 bits per heavy atom. The first-order valence-corrected chi connectivity index (χ1v) is 10.0. The van der Waals surface area contributed by atoms with Crippen molar-refractivity contribution in [3.8, 4) is 0 Å². The largest absolute Gasteiger partial charge is 0.480 e. The van der Waals surface area contributed by atoms with Crippen LogP contribution in [-0.4, -0.2) is 59.6 Å². The fourth-order valence-corrected chi connectivity index (χ4v) is 4.68. The molecule has 2 aromatic rings. The van der Waals surface area contributed by atoms with E-state index in [2.05, 4.69) is 10.3 Å². The van der Waals surface area contributed by atoms with Crippen molar-refractivity contribution in [2.75, 3.05) is 18.8 Å². The number of hydrogen-bond donors (Lipinski definition) is 3. The van der Waals surface area contributed by atoms with Crippen LogP contribution in [0, 0.1) is 0 Å². The number of sulfonamides is 1. The van der Waals surface area contributed by atoms with Crippen LogP contribution in [0.4, 0.5) is 0 Å². The van der Waals surface area contributed by atoms with Gasteiger partial charge in [-0.3, -0.25) is 4.79 Å². The van der Waals surface area contributed by atoms with Gasteiger partial charge in [-0.15, -0.1) is 0 Å². The molecule has 0 aliphatic carbocycles. The maximum absolute atomic E-state index is 12.1. The molecule has 1 atom stereocenters. The summed E-state index contributed by atoms with van der Waals surface area (Å²) in [5, 5.41) is 12.8. The van der Waals surface area contributed by atoms with Gasteiger partial charge < -0.3 is 15.4 Å². The summed E-state index contributed by atoms with van der Waals surface area (Å²) in [6.45, 7) is 0.487. The molecule has 1 amide bonds. The molecular formula is C17H21N3O5S. The smallest absolute Gasteiger partial charge is 0.326 e. The van der Waals surface area contributed by atoms with E-state index in [0.29, 0.717) is 13.0 Å². The highest BCUT2D eigenvalue weighted by Gasteiger charge is 2.29. The molecule has 9 heteroatoms. The molecule has 0 radical (unpaired) electrons. The number of amides is 1. The van der Waals surface area contributed by atoms with Crippen molar-refractivity contribution in [3.63, 3.8) is 0 Å². The van der Waals surface area contributed by atoms with Crippen molar-refractivity contribution in [3.05, 3.63) is 36.0 Å². The van der Waals surface area contributed by atoms with Gasteiger partial charge >= 0.3 is 5.97 Å². The van der Waals surface area contributed by atoms with E-state index in [1.165, 1.54) is 4.31 Å². The topological polar surface area (TPSA) is 120 Å². The SMILES string of the molecule is O=C(CCN1CCCS1(=O)=O)NC(Cc1c[nH]c2ccccc12)C(=O)O. The summed E-state index contributed by atoms with van der Waals surface area (Å²) in [4.78, 5) is 26.7. The van der Waals surface area contributed by atoms with Crippen molar-refractivity contribution in [2.45, 2.75) is 25.3 Å². The van der Waals surface area contributed by atoms with Gasteiger partial charge in [0, 0.05) is 43.0 Å². The number of fused-ring (bicyclic) bond motifs is 1. The average molecular weight is 379 g/mol. The van der Waals surface area contributed by atoms with Crippen molar-refractivity contribution in [1.82, 2.24) is 14.6 Å². The quantitative estimate of drug-likeness (QED) is 0.654. The lowest BCUT2D eigenvalue weighted by molar-refractivity contribution is -0.141. The van der Waals surface area contributed by atoms with Crippen molar-refractivity contribution in [2.24, 2.45) is 0 Å². The molecule has 0 saturated carbocycles. The number of carboxylic acids is 1. The Labute approximate surface area is 151 Å². The lowest BCUT2D eigenvalue weighted by Gasteiger charge is -2.17. The molecule has 140 valence electrons. The summed E-state index contributed by atoms with van der Waals surface area (Å²) in [6.07, 6.45) is 2.38. The Bertz CT molecular complexity index is 921. The number of carbonyl (C=O) groups excluding carboxylic acids is 1. The average Bonchev–Trinajstić information content (AvgIpc) is 3.15. The zero-order valence-electron chi connectivity index (χ0n) is 14.1. The number of hydrogen-bond acceptors (Lipinski definition) is 4. The second-order valence-corrected chi connectivity index (χ2v) is 8.43. The molecular weight excluding hydrogens is 358 g/mol. The number of aromatic amines is 1. The molecule has 1 aromatic heterocycles. The highest BCUT2D eigenvalue weighted by Crippen LogP contribution is 2.19. The summed E-state index contributed by atoms with van der Waals surface area (Å²) < 4.78 is 24.8. The number of H-pyrrole nitrogens is 1. The third-order valence-corrected chi connectivity index (χ3v) is 6.48. The Hall–Kier alpha value is -2.39. The van der Waals surface area contributed by atoms with E-state index < -0.39 is 27.9 Å². The van der Waals surface area contributed by atoms with E-state index in [4.69, 9.17) is 0 Å². The predicted octanol–water partition coefficient (Wildman–Crippen LogP) is 0.705. The maximum Gasteiger partial charge on any atom is 0.326 e. The van der Waals surface area contributed by atoms with Crippen LogP contribution in [0.2, 0.25) is 0 Å². The predicted molar refractivity (Wildman–Crippen MR) is 96.2 cm³/mol. The molecule has 3 rings (SSSR count). The molecule has 1 aromatic carbocycles. The van der Waals surface area contributed by atoms with Gasteiger partial charge in [0.1, 0.15) is 6.04 Å². The van der Waals surface area contributed by atoms with Gasteiger partial charge in [-0.05, 0) is 18.1 Å². The molecule has 1 aliphatic rings. The van der Waals surface area contributed by atoms with E-state index in [9.17, 15) is 23.1 Å². The highest BCUT2D eigenvalue weighted by atomic mass is 32.2. The summed E-state index contributed by atoms with van der Waals surface area (Å²) in [5.74, 6) is -1.50. The van der Waals surface area contributed by atoms with Crippen LogP contribution in [0.25, 0.3) is 10.9 Å². The number of carboxylic acid groups (broad SMARTS) is 1. The lowest BCUT2D eigenvalue weighted by Crippen LogP contribution is -2.43. The zero-order chi connectivity index (χ0) is 18.7. The minimum absolute atomic E-state index is 0.0586. The van der Waals surface area contributed by atoms with Crippen LogP contribution in [0.3, 0.4) is 0 Å². The fourth-order valence-electron chi connectivity index (χ4n) is 3.16. The molecule has 1 aliphatic heterocycles. The first-order chi connectivity index (χ1) is 12.4. The van der Waals surface area contributed by atoms with Crippen molar-refractivity contribution in [1.29, 1.82) is 0 Å². The molecule has 8 nitrogen and oxygen atoms in total. The standard InChI is InChI=1S/C17H21N3O5S/c21-16(6-8-20-7-3-9-26(20,24)25)19-15(17(22)23)10-12-11-18-14-5-2-1-4-13(12)14/h1-2,4-5,11,15,18H,3,6-10H2,(H,19,21)(H,22,23). The number of nitrogens with one attached hydrogen (secondary N) is 2. The monoisotopic (exact) mass is 379 g/mol. The lowest BCUT2D eigenvalue weighted by atomic mass is 10.0. The van der Waals surface area contributed by atoms with Gasteiger partial charge in [0.05, 0.1) is 5.75 Å². The first-order valence-electron chi connectivity index (χ1n) is 8.42. The molecule has 26 heavy (non-hydrogen) atoms. The van der Waals surface area contributed by atoms with Gasteiger partial charge in [-0.1, -0.05) is 18.2 Å². The Kier molecular flexibility index (Phi) is 5.28. The van der Waals surface area contributed by atoms with Crippen LogP contribution in [0.15, 0.2) is 30.5 Å². The normalized spacial score (nSPS) is 18.0. The number of rotatable bonds is 7. The van der Waals surface area contributed by atoms with Gasteiger partial charge in [-0.25, -0.2) is 17.5 Å². The van der Waals surface area contributed by atoms with E-state index >= 15 is 0 Å². The summed E-state index contributed by atoms with van der Waals surface area (Å²) in [7, 11) is -3.26. The minimum atomic E-state index is -3.26. The van der Waals surface area contributed by atoms with Gasteiger partial charge in [-0.2, -0.15) is 0 Å². The molecule has 1 unspecified atom stereocenters. The second kappa shape index (κ2) is 7.46. The first kappa shape index (κ1) is 18.4. The van der Waals surface area contributed by atoms with Crippen molar-refractivity contribution >= 4 is 32.8 Å². The number of para-hydroxylation sites is 1. The van der Waals surface area contributed by atoms with Crippen LogP contribution >= 0.6 is 0 Å². The molecule has 3 N–H and O–H groups in total. The highest BCUT2D eigenvalue weighted by molar-refractivity contribution is 7.89. The van der Waals surface area contributed by atoms with E-state index in [1.807, 2.05) is 24.3 Å². The van der Waals surface area contributed by atoms with Crippen molar-refractivity contribution < 1.29 is 23.1 Å². The number of aromatic nitrogens is 1. The van der Waals surface area contributed by atoms with Crippen LogP contribution in [-0.2, 0) is 26.0 Å². The summed E-state index contributed by atoms with van der Waals surface area (Å²) in [5.41, 5.74) is 1.70. The summed E-state index contributed by atoms with van der Waals surface area (Å²) >= 11 is 0. The van der Waals surface area contributed by atoms with Crippen LogP contribution in [0.5, 0.6) is 0 Å². The molecule has 2 heterocycles. The molecule has 1 fully saturated rings. The second-order valence-electron chi connectivity index (χ2n) is 6.34.